The second-order valence-corrected chi connectivity index (χ2v) is 8.81. The molecular formula is C19H23N5O4S. The minimum Gasteiger partial charge on any atom is -0.481 e. The van der Waals surface area contributed by atoms with Gasteiger partial charge in [-0.2, -0.15) is 0 Å². The van der Waals surface area contributed by atoms with E-state index >= 15 is 0 Å². The summed E-state index contributed by atoms with van der Waals surface area (Å²) in [6.07, 6.45) is 2.17. The number of nitrogens with one attached hydrogen (secondary N) is 1. The second kappa shape index (κ2) is 8.18. The standard InChI is InChI=1S/C19H23N5O4S/c1-23(2)29(26,27)14-6-7-16-15(11-14)22-17(24(16)3)8-9-18(25)21-13-5-10-19(28-4)20-12-13/h5-7,10-12H,8-9H2,1-4H3,(H,21,25). The van der Waals surface area contributed by atoms with Gasteiger partial charge in [-0.15, -0.1) is 0 Å². The number of carbonyl (C=O) groups is 1. The first-order valence-electron chi connectivity index (χ1n) is 8.90. The molecule has 1 N–H and O–H groups in total. The highest BCUT2D eigenvalue weighted by atomic mass is 32.2. The molecule has 3 rings (SSSR count). The van der Waals surface area contributed by atoms with Gasteiger partial charge in [0, 0.05) is 40.1 Å². The third-order valence-electron chi connectivity index (χ3n) is 4.53. The van der Waals surface area contributed by atoms with Crippen LogP contribution in [0.3, 0.4) is 0 Å². The van der Waals surface area contributed by atoms with Crippen LogP contribution in [0.5, 0.6) is 5.88 Å². The number of hydrogen-bond acceptors (Lipinski definition) is 6. The van der Waals surface area contributed by atoms with Crippen molar-refractivity contribution in [2.24, 2.45) is 7.05 Å². The number of carbonyl (C=O) groups excluding carboxylic acids is 1. The average Bonchev–Trinajstić information content (AvgIpc) is 3.02. The summed E-state index contributed by atoms with van der Waals surface area (Å²) in [5.74, 6) is 1.00. The first-order valence-corrected chi connectivity index (χ1v) is 10.3. The summed E-state index contributed by atoms with van der Waals surface area (Å²) in [4.78, 5) is 21.0. The lowest BCUT2D eigenvalue weighted by atomic mass is 10.2. The highest BCUT2D eigenvalue weighted by Crippen LogP contribution is 2.22. The lowest BCUT2D eigenvalue weighted by molar-refractivity contribution is -0.116. The zero-order valence-electron chi connectivity index (χ0n) is 16.7. The van der Waals surface area contributed by atoms with Crippen LogP contribution in [0, 0.1) is 0 Å². The van der Waals surface area contributed by atoms with Crippen molar-refractivity contribution in [2.45, 2.75) is 17.7 Å². The molecule has 2 aromatic heterocycles. The summed E-state index contributed by atoms with van der Waals surface area (Å²) < 4.78 is 32.7. The van der Waals surface area contributed by atoms with Crippen LogP contribution < -0.4 is 10.1 Å². The fraction of sp³-hybridized carbons (Fsp3) is 0.316. The largest absolute Gasteiger partial charge is 0.481 e. The molecule has 0 saturated heterocycles. The van der Waals surface area contributed by atoms with Crippen molar-refractivity contribution in [3.8, 4) is 5.88 Å². The molecule has 0 fully saturated rings. The molecule has 1 amide bonds. The topological polar surface area (TPSA) is 106 Å². The maximum absolute atomic E-state index is 12.3. The summed E-state index contributed by atoms with van der Waals surface area (Å²) in [5, 5.41) is 2.78. The zero-order chi connectivity index (χ0) is 21.2. The van der Waals surface area contributed by atoms with Gasteiger partial charge >= 0.3 is 0 Å². The van der Waals surface area contributed by atoms with Crippen LogP contribution >= 0.6 is 0 Å². The third-order valence-corrected chi connectivity index (χ3v) is 6.34. The van der Waals surface area contributed by atoms with E-state index in [4.69, 9.17) is 4.74 Å². The molecule has 0 saturated carbocycles. The van der Waals surface area contributed by atoms with E-state index in [1.165, 1.54) is 27.4 Å². The second-order valence-electron chi connectivity index (χ2n) is 6.66. The van der Waals surface area contributed by atoms with Crippen molar-refractivity contribution in [1.29, 1.82) is 0 Å². The van der Waals surface area contributed by atoms with Crippen molar-refractivity contribution >= 4 is 32.7 Å². The Morgan fingerprint density at radius 1 is 1.24 bits per heavy atom. The molecule has 2 heterocycles. The van der Waals surface area contributed by atoms with Crippen LogP contribution in [0.4, 0.5) is 5.69 Å². The quantitative estimate of drug-likeness (QED) is 0.628. The van der Waals surface area contributed by atoms with E-state index in [2.05, 4.69) is 15.3 Å². The van der Waals surface area contributed by atoms with Crippen LogP contribution in [0.2, 0.25) is 0 Å². The van der Waals surface area contributed by atoms with Crippen molar-refractivity contribution in [2.75, 3.05) is 26.5 Å². The van der Waals surface area contributed by atoms with Gasteiger partial charge in [0.25, 0.3) is 0 Å². The maximum atomic E-state index is 12.3. The number of fused-ring (bicyclic) bond motifs is 1. The van der Waals surface area contributed by atoms with Crippen molar-refractivity contribution in [3.63, 3.8) is 0 Å². The van der Waals surface area contributed by atoms with Gasteiger partial charge in [-0.3, -0.25) is 4.79 Å². The minimum atomic E-state index is -3.53. The maximum Gasteiger partial charge on any atom is 0.242 e. The number of benzene rings is 1. The number of aromatic nitrogens is 3. The van der Waals surface area contributed by atoms with Gasteiger partial charge in [0.05, 0.1) is 34.9 Å². The fourth-order valence-electron chi connectivity index (χ4n) is 2.85. The van der Waals surface area contributed by atoms with E-state index < -0.39 is 10.0 Å². The van der Waals surface area contributed by atoms with Gasteiger partial charge in [-0.25, -0.2) is 22.7 Å². The molecule has 9 nitrogen and oxygen atoms in total. The predicted octanol–water partition coefficient (Wildman–Crippen LogP) is 1.80. The normalized spacial score (nSPS) is 11.8. The highest BCUT2D eigenvalue weighted by Gasteiger charge is 2.19. The first-order chi connectivity index (χ1) is 13.7. The van der Waals surface area contributed by atoms with Crippen LogP contribution in [-0.2, 0) is 28.3 Å². The van der Waals surface area contributed by atoms with Gasteiger partial charge in [-0.05, 0) is 24.3 Å². The number of aryl methyl sites for hydroxylation is 2. The summed E-state index contributed by atoms with van der Waals surface area (Å²) in [6.45, 7) is 0. The number of rotatable bonds is 7. The highest BCUT2D eigenvalue weighted by molar-refractivity contribution is 7.89. The number of pyridine rings is 1. The van der Waals surface area contributed by atoms with E-state index in [-0.39, 0.29) is 17.2 Å². The summed E-state index contributed by atoms with van der Waals surface area (Å²) in [6, 6.07) is 8.22. The van der Waals surface area contributed by atoms with Gasteiger partial charge in [-0.1, -0.05) is 0 Å². The van der Waals surface area contributed by atoms with Gasteiger partial charge in [0.2, 0.25) is 21.8 Å². The number of hydrogen-bond donors (Lipinski definition) is 1. The van der Waals surface area contributed by atoms with Crippen molar-refractivity contribution in [1.82, 2.24) is 18.8 Å². The minimum absolute atomic E-state index is 0.167. The molecule has 0 unspecified atom stereocenters. The molecule has 0 atom stereocenters. The molecule has 3 aromatic rings. The van der Waals surface area contributed by atoms with E-state index in [9.17, 15) is 13.2 Å². The van der Waals surface area contributed by atoms with E-state index in [1.807, 2.05) is 11.6 Å². The monoisotopic (exact) mass is 417 g/mol. The molecule has 1 aromatic carbocycles. The lowest BCUT2D eigenvalue weighted by Crippen LogP contribution is -2.22. The predicted molar refractivity (Wildman–Crippen MR) is 109 cm³/mol. The lowest BCUT2D eigenvalue weighted by Gasteiger charge is -2.10. The summed E-state index contributed by atoms with van der Waals surface area (Å²) >= 11 is 0. The Morgan fingerprint density at radius 2 is 2.00 bits per heavy atom. The molecule has 154 valence electrons. The third kappa shape index (κ3) is 4.38. The number of nitrogens with zero attached hydrogens (tertiary/aromatic N) is 4. The number of amides is 1. The van der Waals surface area contributed by atoms with Crippen LogP contribution in [0.15, 0.2) is 41.4 Å². The van der Waals surface area contributed by atoms with Crippen molar-refractivity contribution < 1.29 is 17.9 Å². The number of imidazole rings is 1. The van der Waals surface area contributed by atoms with Crippen LogP contribution in [-0.4, -0.2) is 54.4 Å². The molecule has 0 aliphatic rings. The fourth-order valence-corrected chi connectivity index (χ4v) is 3.77. The Balaban J connectivity index is 1.72. The van der Waals surface area contributed by atoms with E-state index in [1.54, 1.807) is 30.3 Å². The number of ether oxygens (including phenoxy) is 1. The SMILES string of the molecule is COc1ccc(NC(=O)CCc2nc3cc(S(=O)(=O)N(C)C)ccc3n2C)cn1. The average molecular weight is 417 g/mol. The first kappa shape index (κ1) is 20.7. The molecule has 10 heteroatoms. The van der Waals surface area contributed by atoms with Crippen LogP contribution in [0.1, 0.15) is 12.2 Å². The molecule has 0 bridgehead atoms. The van der Waals surface area contributed by atoms with E-state index in [0.29, 0.717) is 29.3 Å². The smallest absolute Gasteiger partial charge is 0.242 e. The van der Waals surface area contributed by atoms with Crippen LogP contribution in [0.25, 0.3) is 11.0 Å². The molecular weight excluding hydrogens is 394 g/mol. The summed E-state index contributed by atoms with van der Waals surface area (Å²) in [5.41, 5.74) is 1.96. The number of methoxy groups -OCH3 is 1. The van der Waals surface area contributed by atoms with Gasteiger partial charge in [0.1, 0.15) is 5.82 Å². The Bertz CT molecular complexity index is 1140. The summed E-state index contributed by atoms with van der Waals surface area (Å²) in [7, 11) is 2.81. The zero-order valence-corrected chi connectivity index (χ0v) is 17.5. The van der Waals surface area contributed by atoms with Gasteiger partial charge in [0.15, 0.2) is 0 Å². The Morgan fingerprint density at radius 3 is 2.62 bits per heavy atom. The van der Waals surface area contributed by atoms with E-state index in [0.717, 1.165) is 9.82 Å². The Kier molecular flexibility index (Phi) is 5.85. The molecule has 29 heavy (non-hydrogen) atoms. The van der Waals surface area contributed by atoms with Gasteiger partial charge < -0.3 is 14.6 Å². The Labute approximate surface area is 169 Å². The molecule has 0 spiro atoms. The molecule has 0 radical (unpaired) electrons. The molecule has 0 aliphatic carbocycles. The Hall–Kier alpha value is -2.98. The molecule has 0 aliphatic heterocycles. The van der Waals surface area contributed by atoms with Crippen molar-refractivity contribution in [3.05, 3.63) is 42.4 Å². The number of sulfonamides is 1. The number of anilines is 1.